The van der Waals surface area contributed by atoms with Gasteiger partial charge in [0.2, 0.25) is 0 Å². The van der Waals surface area contributed by atoms with Gasteiger partial charge in [0.15, 0.2) is 0 Å². The van der Waals surface area contributed by atoms with Crippen LogP contribution >= 0.6 is 0 Å². The van der Waals surface area contributed by atoms with Crippen LogP contribution in [0.15, 0.2) is 30.3 Å². The zero-order valence-corrected chi connectivity index (χ0v) is 11.5. The van der Waals surface area contributed by atoms with Crippen molar-refractivity contribution in [3.8, 4) is 0 Å². The summed E-state index contributed by atoms with van der Waals surface area (Å²) in [5, 5.41) is 0. The van der Waals surface area contributed by atoms with Crippen molar-refractivity contribution in [1.82, 2.24) is 0 Å². The van der Waals surface area contributed by atoms with Crippen LogP contribution in [0.25, 0.3) is 0 Å². The zero-order valence-electron chi connectivity index (χ0n) is 11.5. The molecule has 1 aromatic rings. The molecule has 2 atom stereocenters. The van der Waals surface area contributed by atoms with Crippen molar-refractivity contribution < 1.29 is 4.79 Å². The summed E-state index contributed by atoms with van der Waals surface area (Å²) in [5.41, 5.74) is 1.06. The van der Waals surface area contributed by atoms with E-state index in [1.54, 1.807) is 0 Å². The fourth-order valence-corrected chi connectivity index (χ4v) is 3.75. The van der Waals surface area contributed by atoms with E-state index in [0.29, 0.717) is 12.2 Å². The molecule has 1 heteroatoms. The molecule has 0 N–H and O–H groups in total. The zero-order chi connectivity index (χ0) is 12.9. The Bertz CT molecular complexity index is 446. The van der Waals surface area contributed by atoms with E-state index in [-0.39, 0.29) is 16.2 Å². The monoisotopic (exact) mass is 230 g/mol. The van der Waals surface area contributed by atoms with E-state index in [1.165, 1.54) is 5.56 Å². The maximum absolute atomic E-state index is 12.3. The predicted octanol–water partition coefficient (Wildman–Crippen LogP) is 3.97. The topological polar surface area (TPSA) is 17.1 Å². The van der Waals surface area contributed by atoms with E-state index in [0.717, 1.165) is 0 Å². The molecule has 0 radical (unpaired) electrons. The quantitative estimate of drug-likeness (QED) is 0.768. The smallest absolute Gasteiger partial charge is 0.139 e. The van der Waals surface area contributed by atoms with Crippen LogP contribution < -0.4 is 0 Å². The van der Waals surface area contributed by atoms with Crippen molar-refractivity contribution in [2.24, 2.45) is 10.8 Å². The lowest BCUT2D eigenvalue weighted by atomic mass is 9.85. The highest BCUT2D eigenvalue weighted by Crippen LogP contribution is 2.78. The van der Waals surface area contributed by atoms with Gasteiger partial charge in [-0.2, -0.15) is 0 Å². The van der Waals surface area contributed by atoms with E-state index >= 15 is 0 Å². The van der Waals surface area contributed by atoms with E-state index in [4.69, 9.17) is 0 Å². The molecule has 0 aromatic heterocycles. The molecule has 2 rings (SSSR count). The van der Waals surface area contributed by atoms with Gasteiger partial charge < -0.3 is 0 Å². The molecule has 1 saturated carbocycles. The summed E-state index contributed by atoms with van der Waals surface area (Å²) < 4.78 is 0. The van der Waals surface area contributed by atoms with Gasteiger partial charge in [-0.1, -0.05) is 65.0 Å². The molecule has 1 fully saturated rings. The summed E-state index contributed by atoms with van der Waals surface area (Å²) in [5.74, 6) is 0.383. The highest BCUT2D eigenvalue weighted by Gasteiger charge is 2.79. The van der Waals surface area contributed by atoms with Gasteiger partial charge >= 0.3 is 0 Å². The number of carbonyl (C=O) groups excluding carboxylic acids is 1. The fourth-order valence-electron chi connectivity index (χ4n) is 3.75. The maximum Gasteiger partial charge on any atom is 0.139 e. The molecule has 0 heterocycles. The van der Waals surface area contributed by atoms with Crippen molar-refractivity contribution in [2.75, 3.05) is 0 Å². The molecule has 1 nitrogen and oxygen atoms in total. The Morgan fingerprint density at radius 1 is 1.06 bits per heavy atom. The second-order valence-corrected chi connectivity index (χ2v) is 6.02. The summed E-state index contributed by atoms with van der Waals surface area (Å²) >= 11 is 0. The molecule has 0 saturated heterocycles. The second kappa shape index (κ2) is 3.44. The van der Waals surface area contributed by atoms with E-state index in [1.807, 2.05) is 13.0 Å². The molecule has 1 aliphatic rings. The summed E-state index contributed by atoms with van der Waals surface area (Å²) in [4.78, 5) is 12.3. The third kappa shape index (κ3) is 1.17. The molecule has 1 aromatic carbocycles. The highest BCUT2D eigenvalue weighted by atomic mass is 16.1. The van der Waals surface area contributed by atoms with Crippen LogP contribution in [-0.2, 0) is 10.2 Å². The first-order valence-electron chi connectivity index (χ1n) is 6.43. The molecule has 17 heavy (non-hydrogen) atoms. The normalized spacial score (nSPS) is 34.4. The van der Waals surface area contributed by atoms with Gasteiger partial charge in [-0.15, -0.1) is 0 Å². The van der Waals surface area contributed by atoms with Crippen molar-refractivity contribution in [1.29, 1.82) is 0 Å². The Morgan fingerprint density at radius 3 is 2.06 bits per heavy atom. The van der Waals surface area contributed by atoms with Crippen molar-refractivity contribution in [3.05, 3.63) is 35.9 Å². The van der Waals surface area contributed by atoms with Crippen LogP contribution in [-0.4, -0.2) is 5.78 Å². The third-order valence-corrected chi connectivity index (χ3v) is 5.67. The van der Waals surface area contributed by atoms with Crippen molar-refractivity contribution >= 4 is 5.78 Å². The molecule has 92 valence electrons. The minimum Gasteiger partial charge on any atom is -0.299 e. The average molecular weight is 230 g/mol. The Morgan fingerprint density at radius 2 is 1.59 bits per heavy atom. The SMILES string of the molecule is CCC(=O)C1(C)C(C)(C)C1(C)c1ccccc1. The Hall–Kier alpha value is -1.11. The van der Waals surface area contributed by atoms with Gasteiger partial charge in [0.05, 0.1) is 0 Å². The molecule has 0 spiro atoms. The van der Waals surface area contributed by atoms with Crippen LogP contribution in [0.5, 0.6) is 0 Å². The minimum atomic E-state index is -0.226. The standard InChI is InChI=1S/C16H22O/c1-6-13(17)16(5)14(2,3)15(16,4)12-10-8-7-9-11-12/h7-11H,6H2,1-5H3. The molecule has 1 aliphatic carbocycles. The summed E-state index contributed by atoms with van der Waals surface area (Å²) in [6.07, 6.45) is 0.627. The predicted molar refractivity (Wildman–Crippen MR) is 71.0 cm³/mol. The van der Waals surface area contributed by atoms with Crippen LogP contribution in [0.3, 0.4) is 0 Å². The lowest BCUT2D eigenvalue weighted by molar-refractivity contribution is -0.124. The first-order valence-corrected chi connectivity index (χ1v) is 6.43. The highest BCUT2D eigenvalue weighted by molar-refractivity contribution is 5.92. The van der Waals surface area contributed by atoms with Gasteiger partial charge in [-0.3, -0.25) is 4.79 Å². The summed E-state index contributed by atoms with van der Waals surface area (Å²) in [6, 6.07) is 10.4. The van der Waals surface area contributed by atoms with Gasteiger partial charge in [-0.25, -0.2) is 0 Å². The number of rotatable bonds is 3. The molecule has 0 bridgehead atoms. The van der Waals surface area contributed by atoms with Gasteiger partial charge in [0, 0.05) is 17.3 Å². The molecule has 2 unspecified atom stereocenters. The lowest BCUT2D eigenvalue weighted by Gasteiger charge is -2.17. The van der Waals surface area contributed by atoms with E-state index in [9.17, 15) is 4.79 Å². The second-order valence-electron chi connectivity index (χ2n) is 6.02. The van der Waals surface area contributed by atoms with Crippen LogP contribution in [0, 0.1) is 10.8 Å². The van der Waals surface area contributed by atoms with Gasteiger partial charge in [-0.05, 0) is 11.0 Å². The number of ketones is 1. The number of benzene rings is 1. The van der Waals surface area contributed by atoms with Crippen LogP contribution in [0.4, 0.5) is 0 Å². The minimum absolute atomic E-state index is 0.0334. The van der Waals surface area contributed by atoms with Crippen molar-refractivity contribution in [3.63, 3.8) is 0 Å². The Balaban J connectivity index is 2.51. The number of Topliss-reactive ketones (excluding diaryl/α,β-unsaturated/α-hetero) is 1. The van der Waals surface area contributed by atoms with Gasteiger partial charge in [0.1, 0.15) is 5.78 Å². The van der Waals surface area contributed by atoms with Crippen molar-refractivity contribution in [2.45, 2.75) is 46.5 Å². The number of hydrogen-bond donors (Lipinski definition) is 0. The van der Waals surface area contributed by atoms with Crippen LogP contribution in [0.1, 0.15) is 46.6 Å². The lowest BCUT2D eigenvalue weighted by Crippen LogP contribution is -2.21. The first-order chi connectivity index (χ1) is 7.84. The molecule has 0 amide bonds. The third-order valence-electron chi connectivity index (χ3n) is 5.67. The van der Waals surface area contributed by atoms with E-state index in [2.05, 4.69) is 52.0 Å². The average Bonchev–Trinajstić information content (AvgIpc) is 2.71. The summed E-state index contributed by atoms with van der Waals surface area (Å²) in [6.45, 7) is 10.8. The number of hydrogen-bond acceptors (Lipinski definition) is 1. The Labute approximate surface area is 104 Å². The largest absolute Gasteiger partial charge is 0.299 e. The number of carbonyl (C=O) groups is 1. The van der Waals surface area contributed by atoms with Gasteiger partial charge in [0.25, 0.3) is 0 Å². The Kier molecular flexibility index (Phi) is 2.50. The molecule has 0 aliphatic heterocycles. The molecular formula is C16H22O. The molecular weight excluding hydrogens is 208 g/mol. The first kappa shape index (κ1) is 12.3. The fraction of sp³-hybridized carbons (Fsp3) is 0.562. The van der Waals surface area contributed by atoms with Crippen LogP contribution in [0.2, 0.25) is 0 Å². The van der Waals surface area contributed by atoms with E-state index < -0.39 is 0 Å². The maximum atomic E-state index is 12.3. The summed E-state index contributed by atoms with van der Waals surface area (Å²) in [7, 11) is 0.